The molecule has 1 aromatic carbocycles. The van der Waals surface area contributed by atoms with Crippen molar-refractivity contribution in [1.29, 1.82) is 5.41 Å². The first-order valence-electron chi connectivity index (χ1n) is 12.5. The number of carbonyl (C=O) groups is 1. The number of nitrogens with zero attached hydrogens (tertiary/aromatic N) is 2. The Balaban J connectivity index is 1.41. The van der Waals surface area contributed by atoms with Crippen molar-refractivity contribution < 1.29 is 4.79 Å². The van der Waals surface area contributed by atoms with E-state index in [1.807, 2.05) is 25.1 Å². The fourth-order valence-corrected chi connectivity index (χ4v) is 6.15. The van der Waals surface area contributed by atoms with E-state index < -0.39 is 0 Å². The first kappa shape index (κ1) is 23.4. The molecule has 4 rings (SSSR count). The van der Waals surface area contributed by atoms with E-state index >= 15 is 0 Å². The van der Waals surface area contributed by atoms with E-state index in [1.165, 1.54) is 64.5 Å². The minimum absolute atomic E-state index is 0.00239. The highest BCUT2D eigenvalue weighted by atomic mass is 32.2. The van der Waals surface area contributed by atoms with E-state index in [2.05, 4.69) is 21.2 Å². The van der Waals surface area contributed by atoms with Crippen molar-refractivity contribution in [1.82, 2.24) is 10.2 Å². The maximum Gasteiger partial charge on any atom is 0.251 e. The van der Waals surface area contributed by atoms with Crippen LogP contribution in [0.3, 0.4) is 0 Å². The monoisotopic (exact) mass is 454 g/mol. The summed E-state index contributed by atoms with van der Waals surface area (Å²) in [4.78, 5) is 19.7. The summed E-state index contributed by atoms with van der Waals surface area (Å²) in [6.07, 6.45) is 13.4. The molecule has 3 aliphatic rings. The molecule has 1 aromatic rings. The van der Waals surface area contributed by atoms with Crippen LogP contribution in [0.25, 0.3) is 0 Å². The molecule has 0 radical (unpaired) electrons. The van der Waals surface area contributed by atoms with Crippen LogP contribution in [0, 0.1) is 11.3 Å². The zero-order chi connectivity index (χ0) is 22.3. The van der Waals surface area contributed by atoms with E-state index in [0.717, 1.165) is 35.0 Å². The van der Waals surface area contributed by atoms with E-state index in [1.54, 1.807) is 11.8 Å². The molecule has 0 aromatic heterocycles. The van der Waals surface area contributed by atoms with E-state index in [-0.39, 0.29) is 5.91 Å². The summed E-state index contributed by atoms with van der Waals surface area (Å²) in [6, 6.07) is 6.01. The largest absolute Gasteiger partial charge is 0.352 e. The SMILES string of the molecule is C/C=C1\Sc2ccc(C(=O)NCCCN3CCCCC3)cc2N(CC2CCCCC2)C1=N. The quantitative estimate of drug-likeness (QED) is 0.522. The van der Waals surface area contributed by atoms with Crippen molar-refractivity contribution in [2.45, 2.75) is 69.6 Å². The summed E-state index contributed by atoms with van der Waals surface area (Å²) in [6.45, 7) is 7.07. The molecular formula is C26H38N4OS. The molecule has 6 heteroatoms. The first-order chi connectivity index (χ1) is 15.7. The van der Waals surface area contributed by atoms with Gasteiger partial charge in [-0.3, -0.25) is 10.2 Å². The smallest absolute Gasteiger partial charge is 0.251 e. The van der Waals surface area contributed by atoms with Gasteiger partial charge in [-0.15, -0.1) is 0 Å². The second kappa shape index (κ2) is 11.4. The van der Waals surface area contributed by atoms with Crippen LogP contribution in [0.4, 0.5) is 5.69 Å². The number of carbonyl (C=O) groups excluding carboxylic acids is 1. The van der Waals surface area contributed by atoms with E-state index in [9.17, 15) is 4.79 Å². The Labute approximate surface area is 197 Å². The maximum atomic E-state index is 12.9. The number of hydrogen-bond donors (Lipinski definition) is 2. The molecular weight excluding hydrogens is 416 g/mol. The van der Waals surface area contributed by atoms with Gasteiger partial charge in [0.1, 0.15) is 5.84 Å². The lowest BCUT2D eigenvalue weighted by atomic mass is 9.88. The highest BCUT2D eigenvalue weighted by Crippen LogP contribution is 2.43. The van der Waals surface area contributed by atoms with Crippen LogP contribution in [0.2, 0.25) is 0 Å². The van der Waals surface area contributed by atoms with Crippen molar-refractivity contribution in [3.63, 3.8) is 0 Å². The number of rotatable bonds is 7. The molecule has 1 saturated carbocycles. The number of likely N-dealkylation sites (tertiary alicyclic amines) is 1. The average Bonchev–Trinajstić information content (AvgIpc) is 2.84. The summed E-state index contributed by atoms with van der Waals surface area (Å²) in [5.41, 5.74) is 1.73. The minimum atomic E-state index is -0.00239. The Morgan fingerprint density at radius 2 is 1.91 bits per heavy atom. The number of allylic oxidation sites excluding steroid dienone is 1. The predicted molar refractivity (Wildman–Crippen MR) is 135 cm³/mol. The highest BCUT2D eigenvalue weighted by molar-refractivity contribution is 8.04. The molecule has 1 amide bonds. The molecule has 1 aliphatic carbocycles. The summed E-state index contributed by atoms with van der Waals surface area (Å²) >= 11 is 1.65. The zero-order valence-corrected chi connectivity index (χ0v) is 20.3. The van der Waals surface area contributed by atoms with Crippen molar-refractivity contribution in [3.8, 4) is 0 Å². The number of amidine groups is 1. The number of amides is 1. The van der Waals surface area contributed by atoms with Crippen LogP contribution >= 0.6 is 11.8 Å². The molecule has 0 atom stereocenters. The topological polar surface area (TPSA) is 59.4 Å². The highest BCUT2D eigenvalue weighted by Gasteiger charge is 2.29. The van der Waals surface area contributed by atoms with Crippen molar-refractivity contribution in [2.75, 3.05) is 37.6 Å². The zero-order valence-electron chi connectivity index (χ0n) is 19.5. The number of piperidine rings is 1. The van der Waals surface area contributed by atoms with Crippen LogP contribution in [0.1, 0.15) is 75.1 Å². The standard InChI is InChI=1S/C26H38N4OS/c1-2-23-25(27)30(19-20-10-5-3-6-11-20)22-18-21(12-13-24(22)32-23)26(31)28-14-9-17-29-15-7-4-8-16-29/h2,12-13,18,20,27H,3-11,14-17,19H2,1H3,(H,28,31)/b23-2-,27-25?. The van der Waals surface area contributed by atoms with E-state index in [0.29, 0.717) is 23.9 Å². The van der Waals surface area contributed by atoms with Gasteiger partial charge >= 0.3 is 0 Å². The fraction of sp³-hybridized carbons (Fsp3) is 0.615. The van der Waals surface area contributed by atoms with Crippen LogP contribution in [-0.4, -0.2) is 49.4 Å². The second-order valence-corrected chi connectivity index (χ2v) is 10.5. The maximum absolute atomic E-state index is 12.9. The number of thioether (sulfide) groups is 1. The number of hydrogen-bond acceptors (Lipinski definition) is 4. The molecule has 0 unspecified atom stereocenters. The lowest BCUT2D eigenvalue weighted by Crippen LogP contribution is -2.38. The molecule has 5 nitrogen and oxygen atoms in total. The van der Waals surface area contributed by atoms with Gasteiger partial charge in [-0.05, 0) is 82.8 Å². The number of anilines is 1. The third kappa shape index (κ3) is 5.76. The van der Waals surface area contributed by atoms with Crippen LogP contribution < -0.4 is 10.2 Å². The Morgan fingerprint density at radius 1 is 1.16 bits per heavy atom. The fourth-order valence-electron chi connectivity index (χ4n) is 5.18. The van der Waals surface area contributed by atoms with Crippen molar-refractivity contribution in [3.05, 3.63) is 34.7 Å². The van der Waals surface area contributed by atoms with Crippen LogP contribution in [0.15, 0.2) is 34.1 Å². The van der Waals surface area contributed by atoms with Gasteiger partial charge in [0.05, 0.1) is 10.6 Å². The van der Waals surface area contributed by atoms with Crippen molar-refractivity contribution in [2.24, 2.45) is 5.92 Å². The molecule has 1 saturated heterocycles. The average molecular weight is 455 g/mol. The molecule has 174 valence electrons. The summed E-state index contributed by atoms with van der Waals surface area (Å²) < 4.78 is 0. The Kier molecular flexibility index (Phi) is 8.31. The van der Waals surface area contributed by atoms with Gasteiger partial charge in [0.25, 0.3) is 5.91 Å². The van der Waals surface area contributed by atoms with Gasteiger partial charge < -0.3 is 15.1 Å². The molecule has 32 heavy (non-hydrogen) atoms. The lowest BCUT2D eigenvalue weighted by molar-refractivity contribution is 0.0951. The lowest BCUT2D eigenvalue weighted by Gasteiger charge is -2.36. The van der Waals surface area contributed by atoms with Crippen LogP contribution in [-0.2, 0) is 0 Å². The Morgan fingerprint density at radius 3 is 2.66 bits per heavy atom. The van der Waals surface area contributed by atoms with Crippen LogP contribution in [0.5, 0.6) is 0 Å². The first-order valence-corrected chi connectivity index (χ1v) is 13.3. The van der Waals surface area contributed by atoms with Gasteiger partial charge in [0.2, 0.25) is 0 Å². The predicted octanol–water partition coefficient (Wildman–Crippen LogP) is 5.67. The normalized spacial score (nSPS) is 21.6. The van der Waals surface area contributed by atoms with Gasteiger partial charge in [-0.2, -0.15) is 0 Å². The third-order valence-electron chi connectivity index (χ3n) is 7.05. The Hall–Kier alpha value is -1.79. The Bertz CT molecular complexity index is 840. The molecule has 0 bridgehead atoms. The number of fused-ring (bicyclic) bond motifs is 1. The number of nitrogens with one attached hydrogen (secondary N) is 2. The second-order valence-electron chi connectivity index (χ2n) is 9.41. The van der Waals surface area contributed by atoms with Gasteiger partial charge in [-0.25, -0.2) is 0 Å². The minimum Gasteiger partial charge on any atom is -0.352 e. The summed E-state index contributed by atoms with van der Waals surface area (Å²) in [5, 5.41) is 11.9. The summed E-state index contributed by atoms with van der Waals surface area (Å²) in [5.74, 6) is 1.21. The van der Waals surface area contributed by atoms with Crippen molar-refractivity contribution >= 4 is 29.2 Å². The molecule has 2 N–H and O–H groups in total. The molecule has 2 heterocycles. The van der Waals surface area contributed by atoms with E-state index in [4.69, 9.17) is 5.41 Å². The number of benzene rings is 1. The molecule has 2 fully saturated rings. The summed E-state index contributed by atoms with van der Waals surface area (Å²) in [7, 11) is 0. The third-order valence-corrected chi connectivity index (χ3v) is 8.26. The molecule has 0 spiro atoms. The van der Waals surface area contributed by atoms with Gasteiger partial charge in [-0.1, -0.05) is 43.5 Å². The van der Waals surface area contributed by atoms with Gasteiger partial charge in [0, 0.05) is 23.5 Å². The van der Waals surface area contributed by atoms with Gasteiger partial charge in [0.15, 0.2) is 0 Å². The molecule has 2 aliphatic heterocycles.